The first-order valence-corrected chi connectivity index (χ1v) is 5.86. The molecule has 0 aliphatic rings. The fourth-order valence-corrected chi connectivity index (χ4v) is 1.91. The van der Waals surface area contributed by atoms with Crippen LogP contribution < -0.4 is 10.5 Å². The third kappa shape index (κ3) is 3.72. The number of hydrogen-bond donors (Lipinski definition) is 1. The Morgan fingerprint density at radius 2 is 2.27 bits per heavy atom. The molecule has 1 aromatic rings. The maximum absolute atomic E-state index is 13.5. The second-order valence-corrected chi connectivity index (χ2v) is 4.74. The number of halogens is 1. The van der Waals surface area contributed by atoms with Gasteiger partial charge in [0.1, 0.15) is 11.6 Å². The van der Waals surface area contributed by atoms with Crippen molar-refractivity contribution in [1.29, 1.82) is 0 Å². The van der Waals surface area contributed by atoms with Crippen LogP contribution in [0.3, 0.4) is 0 Å². The van der Waals surface area contributed by atoms with Crippen LogP contribution in [0.2, 0.25) is 0 Å². The third-order valence-corrected chi connectivity index (χ3v) is 3.35. The van der Waals surface area contributed by atoms with Crippen LogP contribution in [0, 0.1) is 5.82 Å². The van der Waals surface area contributed by atoms with Crippen molar-refractivity contribution in [3.05, 3.63) is 29.6 Å². The summed E-state index contributed by atoms with van der Waals surface area (Å²) in [6, 6.07) is 4.93. The lowest BCUT2D eigenvalue weighted by atomic mass is 10.2. The predicted molar refractivity (Wildman–Crippen MR) is 62.8 cm³/mol. The lowest BCUT2D eigenvalue weighted by Crippen LogP contribution is -2.12. The molecule has 0 aliphatic heterocycles. The Hall–Kier alpha value is -0.740. The number of hydrogen-bond acceptors (Lipinski definition) is 3. The molecule has 1 atom stereocenters. The van der Waals surface area contributed by atoms with Crippen LogP contribution >= 0.6 is 11.8 Å². The number of ether oxygens (including phenoxy) is 1. The van der Waals surface area contributed by atoms with Gasteiger partial charge in [-0.2, -0.15) is 11.8 Å². The van der Waals surface area contributed by atoms with Gasteiger partial charge in [-0.15, -0.1) is 0 Å². The third-order valence-electron chi connectivity index (χ3n) is 2.12. The van der Waals surface area contributed by atoms with E-state index in [9.17, 15) is 4.39 Å². The summed E-state index contributed by atoms with van der Waals surface area (Å²) in [5.41, 5.74) is 6.18. The van der Waals surface area contributed by atoms with Crippen LogP contribution in [-0.2, 0) is 5.75 Å². The second kappa shape index (κ2) is 5.98. The smallest absolute Gasteiger partial charge is 0.130 e. The van der Waals surface area contributed by atoms with E-state index in [1.165, 1.54) is 13.2 Å². The van der Waals surface area contributed by atoms with Crippen LogP contribution in [0.15, 0.2) is 18.2 Å². The van der Waals surface area contributed by atoms with Crippen molar-refractivity contribution in [3.8, 4) is 5.75 Å². The average molecular weight is 229 g/mol. The normalized spacial score (nSPS) is 12.5. The van der Waals surface area contributed by atoms with E-state index in [1.54, 1.807) is 23.9 Å². The van der Waals surface area contributed by atoms with Gasteiger partial charge in [-0.05, 0) is 11.6 Å². The maximum Gasteiger partial charge on any atom is 0.130 e. The van der Waals surface area contributed by atoms with Crippen LogP contribution in [0.1, 0.15) is 12.5 Å². The van der Waals surface area contributed by atoms with Gasteiger partial charge < -0.3 is 10.5 Å². The minimum atomic E-state index is -0.217. The molecular weight excluding hydrogens is 213 g/mol. The zero-order chi connectivity index (χ0) is 11.3. The molecule has 1 aromatic carbocycles. The largest absolute Gasteiger partial charge is 0.497 e. The minimum Gasteiger partial charge on any atom is -0.497 e. The molecule has 0 amide bonds. The Balaban J connectivity index is 2.62. The molecule has 0 fully saturated rings. The van der Waals surface area contributed by atoms with E-state index >= 15 is 0 Å². The van der Waals surface area contributed by atoms with E-state index in [-0.39, 0.29) is 5.82 Å². The van der Waals surface area contributed by atoms with Crippen molar-refractivity contribution in [1.82, 2.24) is 0 Å². The zero-order valence-electron chi connectivity index (χ0n) is 9.00. The van der Waals surface area contributed by atoms with Gasteiger partial charge in [0.15, 0.2) is 0 Å². The van der Waals surface area contributed by atoms with Crippen LogP contribution in [0.5, 0.6) is 5.75 Å². The van der Waals surface area contributed by atoms with E-state index in [4.69, 9.17) is 10.5 Å². The minimum absolute atomic E-state index is 0.217. The van der Waals surface area contributed by atoms with Gasteiger partial charge >= 0.3 is 0 Å². The van der Waals surface area contributed by atoms with Crippen LogP contribution in [0.25, 0.3) is 0 Å². The van der Waals surface area contributed by atoms with Crippen molar-refractivity contribution in [2.75, 3.05) is 13.7 Å². The first-order valence-electron chi connectivity index (χ1n) is 4.81. The summed E-state index contributed by atoms with van der Waals surface area (Å²) in [4.78, 5) is 0. The first-order chi connectivity index (χ1) is 7.17. The SMILES string of the molecule is COc1ccc(CSC(C)CN)c(F)c1. The molecule has 2 nitrogen and oxygen atoms in total. The van der Waals surface area contributed by atoms with E-state index in [2.05, 4.69) is 0 Å². The molecule has 15 heavy (non-hydrogen) atoms. The van der Waals surface area contributed by atoms with Crippen molar-refractivity contribution in [2.24, 2.45) is 5.73 Å². The molecule has 0 radical (unpaired) electrons. The molecule has 0 aromatic heterocycles. The predicted octanol–water partition coefficient (Wildman–Crippen LogP) is 2.41. The highest BCUT2D eigenvalue weighted by Gasteiger charge is 2.06. The Labute approximate surface area is 94.0 Å². The molecule has 1 unspecified atom stereocenters. The highest BCUT2D eigenvalue weighted by Crippen LogP contribution is 2.22. The number of rotatable bonds is 5. The highest BCUT2D eigenvalue weighted by molar-refractivity contribution is 7.99. The number of nitrogens with two attached hydrogens (primary N) is 1. The van der Waals surface area contributed by atoms with E-state index in [1.807, 2.05) is 6.92 Å². The molecular formula is C11H16FNOS. The summed E-state index contributed by atoms with van der Waals surface area (Å²) in [7, 11) is 1.53. The monoisotopic (exact) mass is 229 g/mol. The van der Waals surface area contributed by atoms with Gasteiger partial charge in [-0.3, -0.25) is 0 Å². The lowest BCUT2D eigenvalue weighted by molar-refractivity contribution is 0.411. The topological polar surface area (TPSA) is 35.2 Å². The standard InChI is InChI=1S/C11H16FNOS/c1-8(6-13)15-7-9-3-4-10(14-2)5-11(9)12/h3-5,8H,6-7,13H2,1-2H3. The summed E-state index contributed by atoms with van der Waals surface area (Å²) in [5, 5.41) is 0.353. The molecule has 84 valence electrons. The zero-order valence-corrected chi connectivity index (χ0v) is 9.81. The van der Waals surface area contributed by atoms with E-state index in [0.29, 0.717) is 28.9 Å². The van der Waals surface area contributed by atoms with Gasteiger partial charge in [0.2, 0.25) is 0 Å². The Morgan fingerprint density at radius 3 is 2.80 bits per heavy atom. The van der Waals surface area contributed by atoms with E-state index in [0.717, 1.165) is 0 Å². The van der Waals surface area contributed by atoms with Crippen molar-refractivity contribution in [3.63, 3.8) is 0 Å². The summed E-state index contributed by atoms with van der Waals surface area (Å²) >= 11 is 1.65. The molecule has 0 aliphatic carbocycles. The average Bonchev–Trinajstić information content (AvgIpc) is 2.26. The molecule has 0 spiro atoms. The first kappa shape index (κ1) is 12.3. The molecule has 1 rings (SSSR count). The summed E-state index contributed by atoms with van der Waals surface area (Å²) in [6.45, 7) is 2.65. The number of thioether (sulfide) groups is 1. The Bertz CT molecular complexity index is 319. The van der Waals surface area contributed by atoms with Gasteiger partial charge in [-0.25, -0.2) is 4.39 Å². The quantitative estimate of drug-likeness (QED) is 0.842. The fraction of sp³-hybridized carbons (Fsp3) is 0.455. The molecule has 0 saturated carbocycles. The van der Waals surface area contributed by atoms with Crippen molar-refractivity contribution < 1.29 is 9.13 Å². The van der Waals surface area contributed by atoms with Gasteiger partial charge in [0.25, 0.3) is 0 Å². The van der Waals surface area contributed by atoms with Gasteiger partial charge in [0, 0.05) is 23.6 Å². The molecule has 0 heterocycles. The molecule has 0 bridgehead atoms. The summed E-state index contributed by atoms with van der Waals surface area (Å²) < 4.78 is 18.4. The maximum atomic E-state index is 13.5. The van der Waals surface area contributed by atoms with Crippen LogP contribution in [-0.4, -0.2) is 18.9 Å². The van der Waals surface area contributed by atoms with Gasteiger partial charge in [-0.1, -0.05) is 13.0 Å². The van der Waals surface area contributed by atoms with Gasteiger partial charge in [0.05, 0.1) is 7.11 Å². The van der Waals surface area contributed by atoms with E-state index < -0.39 is 0 Å². The Kier molecular flexibility index (Phi) is 4.91. The molecule has 0 saturated heterocycles. The molecule has 2 N–H and O–H groups in total. The second-order valence-electron chi connectivity index (χ2n) is 3.31. The van der Waals surface area contributed by atoms with Crippen molar-refractivity contribution >= 4 is 11.8 Å². The summed E-state index contributed by atoms with van der Waals surface area (Å²) in [5.74, 6) is 0.980. The van der Waals surface area contributed by atoms with Crippen LogP contribution in [0.4, 0.5) is 4.39 Å². The molecule has 4 heteroatoms. The number of benzene rings is 1. The summed E-state index contributed by atoms with van der Waals surface area (Å²) in [6.07, 6.45) is 0. The Morgan fingerprint density at radius 1 is 1.53 bits per heavy atom. The van der Waals surface area contributed by atoms with Crippen molar-refractivity contribution in [2.45, 2.75) is 17.9 Å². The highest BCUT2D eigenvalue weighted by atomic mass is 32.2. The fourth-order valence-electron chi connectivity index (χ4n) is 1.07. The lowest BCUT2D eigenvalue weighted by Gasteiger charge is -2.09. The number of methoxy groups -OCH3 is 1.